The van der Waals surface area contributed by atoms with Crippen molar-refractivity contribution in [3.8, 4) is 0 Å². The lowest BCUT2D eigenvalue weighted by molar-refractivity contribution is -0.150. The summed E-state index contributed by atoms with van der Waals surface area (Å²) in [4.78, 5) is 26.2. The summed E-state index contributed by atoms with van der Waals surface area (Å²) in [5.41, 5.74) is 8.02. The molecule has 2 aliphatic heterocycles. The van der Waals surface area contributed by atoms with Crippen LogP contribution in [0.15, 0.2) is 36.4 Å². The number of hydrogen-bond acceptors (Lipinski definition) is 6. The molecule has 0 aliphatic carbocycles. The van der Waals surface area contributed by atoms with E-state index in [1.165, 1.54) is 38.5 Å². The maximum atomic E-state index is 11.4. The van der Waals surface area contributed by atoms with E-state index < -0.39 is 37.4 Å². The second kappa shape index (κ2) is 20.3. The second-order valence-electron chi connectivity index (χ2n) is 15.5. The Morgan fingerprint density at radius 2 is 1.16 bits per heavy atom. The normalized spacial score (nSPS) is 18.9. The van der Waals surface area contributed by atoms with Gasteiger partial charge in [-0.1, -0.05) is 77.9 Å². The van der Waals surface area contributed by atoms with Gasteiger partial charge in [0.15, 0.2) is 0 Å². The molecule has 2 aromatic carbocycles. The maximum Gasteiger partial charge on any atom is 0.306 e. The number of aryl methyl sites for hydroxylation is 3. The number of hydrogen-bond donors (Lipinski definition) is 3. The van der Waals surface area contributed by atoms with Crippen molar-refractivity contribution in [1.29, 1.82) is 0 Å². The predicted octanol–water partition coefficient (Wildman–Crippen LogP) is 10.3. The number of ether oxygens (including phenoxy) is 2. The maximum absolute atomic E-state index is 11.4. The van der Waals surface area contributed by atoms with E-state index in [4.69, 9.17) is 9.47 Å². The Morgan fingerprint density at radius 1 is 0.727 bits per heavy atom. The number of para-hydroxylation sites is 2. The Morgan fingerprint density at radius 3 is 1.64 bits per heavy atom. The lowest BCUT2D eigenvalue weighted by Crippen LogP contribution is -2.38. The summed E-state index contributed by atoms with van der Waals surface area (Å²) in [7, 11) is -1.23. The number of H-pyrrole nitrogens is 1. The number of carbonyl (C=O) groups is 2. The van der Waals surface area contributed by atoms with Gasteiger partial charge in [0.2, 0.25) is 0 Å². The number of aliphatic carboxylic acids is 2. The van der Waals surface area contributed by atoms with Crippen LogP contribution in [-0.4, -0.2) is 84.9 Å². The van der Waals surface area contributed by atoms with Gasteiger partial charge in [0.25, 0.3) is 0 Å². The van der Waals surface area contributed by atoms with Crippen molar-refractivity contribution in [1.82, 2.24) is 9.55 Å². The predicted molar refractivity (Wildman–Crippen MR) is 230 cm³/mol. The molecule has 308 valence electrons. The molecule has 55 heavy (non-hydrogen) atoms. The Hall–Kier alpha value is -3.16. The first kappa shape index (κ1) is 48.0. The van der Waals surface area contributed by atoms with Crippen LogP contribution in [0.2, 0.25) is 0 Å². The Labute approximate surface area is 329 Å². The van der Waals surface area contributed by atoms with E-state index in [-0.39, 0.29) is 12.8 Å². The Kier molecular flexibility index (Phi) is 17.7. The largest absolute Gasteiger partial charge is 0.481 e. The standard InChI is InChI=1S/C18H23NO3.C17H21NO3.2C3H9OP.C2H6/c1-4-12-7-6-8-13-14-9-10-22-18(5-2,11-15(20)21)17(14)19(3)16(12)13;1-3-11-6-5-7-12-13-8-9-21-17(4-2,10-14(19)20)16(13)18-15(11)12;2*1-5(2,3)4;1-2/h6-8H,4-5,9-11H2,1-3H3,(H,20,21);5-7,18H,3-4,8-10H2,1-2H3,(H,19,20);2*1-3H3;1-2H3. The van der Waals surface area contributed by atoms with E-state index in [0.717, 1.165) is 42.6 Å². The van der Waals surface area contributed by atoms with Crippen molar-refractivity contribution in [2.45, 2.75) is 104 Å². The van der Waals surface area contributed by atoms with Crippen molar-refractivity contribution >= 4 is 48.0 Å². The molecular formula is C43H68N2O8P2. The number of nitrogens with zero attached hydrogens (tertiary/aromatic N) is 1. The van der Waals surface area contributed by atoms with Crippen molar-refractivity contribution in [3.05, 3.63) is 70.0 Å². The average molecular weight is 803 g/mol. The van der Waals surface area contributed by atoms with E-state index in [1.54, 1.807) is 40.0 Å². The van der Waals surface area contributed by atoms with Gasteiger partial charge in [0.05, 0.1) is 57.2 Å². The molecule has 2 aliphatic rings. The van der Waals surface area contributed by atoms with Crippen LogP contribution in [0.4, 0.5) is 0 Å². The molecule has 0 fully saturated rings. The molecule has 2 atom stereocenters. The van der Waals surface area contributed by atoms with Crippen molar-refractivity contribution in [3.63, 3.8) is 0 Å². The minimum absolute atomic E-state index is 0.00474. The highest BCUT2D eigenvalue weighted by molar-refractivity contribution is 7.61. The number of benzene rings is 2. The average Bonchev–Trinajstić information content (AvgIpc) is 3.64. The van der Waals surface area contributed by atoms with Gasteiger partial charge in [-0.25, -0.2) is 0 Å². The van der Waals surface area contributed by atoms with Gasteiger partial charge < -0.3 is 38.4 Å². The highest BCUT2D eigenvalue weighted by atomic mass is 31.2. The number of fused-ring (bicyclic) bond motifs is 6. The van der Waals surface area contributed by atoms with E-state index in [1.807, 2.05) is 34.7 Å². The van der Waals surface area contributed by atoms with Crippen molar-refractivity contribution in [2.75, 3.05) is 53.2 Å². The van der Waals surface area contributed by atoms with E-state index in [9.17, 15) is 28.9 Å². The van der Waals surface area contributed by atoms with Gasteiger partial charge in [0, 0.05) is 23.3 Å². The van der Waals surface area contributed by atoms with Crippen LogP contribution in [0.25, 0.3) is 21.8 Å². The van der Waals surface area contributed by atoms with Gasteiger partial charge in [-0.05, 0) is 101 Å². The minimum atomic E-state index is -1.64. The van der Waals surface area contributed by atoms with Gasteiger partial charge in [-0.15, -0.1) is 0 Å². The zero-order valence-corrected chi connectivity index (χ0v) is 37.5. The summed E-state index contributed by atoms with van der Waals surface area (Å²) in [6, 6.07) is 12.7. The molecule has 6 rings (SSSR count). The summed E-state index contributed by atoms with van der Waals surface area (Å²) in [6.07, 6.45) is 4.94. The van der Waals surface area contributed by atoms with Crippen LogP contribution in [-0.2, 0) is 72.1 Å². The van der Waals surface area contributed by atoms with Crippen LogP contribution in [0, 0.1) is 0 Å². The first-order valence-corrected chi connectivity index (χ1v) is 25.7. The van der Waals surface area contributed by atoms with Gasteiger partial charge in [0.1, 0.15) is 11.2 Å². The quantitative estimate of drug-likeness (QED) is 0.149. The van der Waals surface area contributed by atoms with E-state index in [2.05, 4.69) is 59.8 Å². The molecule has 3 N–H and O–H groups in total. The monoisotopic (exact) mass is 802 g/mol. The number of rotatable bonds is 8. The Bertz CT molecular complexity index is 1970. The van der Waals surface area contributed by atoms with Crippen LogP contribution in [0.5, 0.6) is 0 Å². The molecule has 4 heterocycles. The molecule has 0 saturated heterocycles. The highest BCUT2D eigenvalue weighted by Crippen LogP contribution is 2.44. The second-order valence-corrected chi connectivity index (χ2v) is 23.1. The first-order valence-electron chi connectivity index (χ1n) is 19.6. The molecular weight excluding hydrogens is 734 g/mol. The minimum Gasteiger partial charge on any atom is -0.481 e. The molecule has 2 aromatic heterocycles. The van der Waals surface area contributed by atoms with E-state index >= 15 is 0 Å². The molecule has 0 radical (unpaired) electrons. The summed E-state index contributed by atoms with van der Waals surface area (Å²) >= 11 is 0. The van der Waals surface area contributed by atoms with Crippen LogP contribution < -0.4 is 0 Å². The fourth-order valence-corrected chi connectivity index (χ4v) is 7.47. The molecule has 0 bridgehead atoms. The highest BCUT2D eigenvalue weighted by Gasteiger charge is 2.43. The third-order valence-electron chi connectivity index (χ3n) is 9.55. The fraction of sp³-hybridized carbons (Fsp3) is 0.581. The summed E-state index contributed by atoms with van der Waals surface area (Å²) in [5.74, 6) is -1.63. The van der Waals surface area contributed by atoms with Crippen LogP contribution in [0.1, 0.15) is 101 Å². The van der Waals surface area contributed by atoms with Crippen molar-refractivity contribution in [2.24, 2.45) is 7.05 Å². The first-order chi connectivity index (χ1) is 25.6. The summed E-state index contributed by atoms with van der Waals surface area (Å²) in [5, 5.41) is 21.1. The number of aromatic nitrogens is 2. The number of carboxylic acid groups (broad SMARTS) is 2. The van der Waals surface area contributed by atoms with Gasteiger partial charge in [-0.2, -0.15) is 0 Å². The van der Waals surface area contributed by atoms with E-state index in [0.29, 0.717) is 26.1 Å². The number of carboxylic acids is 2. The van der Waals surface area contributed by atoms with Crippen molar-refractivity contribution < 1.29 is 38.4 Å². The van der Waals surface area contributed by atoms with Gasteiger partial charge >= 0.3 is 11.9 Å². The van der Waals surface area contributed by atoms with Crippen LogP contribution >= 0.6 is 14.3 Å². The summed E-state index contributed by atoms with van der Waals surface area (Å²) < 4.78 is 34.6. The van der Waals surface area contributed by atoms with Gasteiger partial charge in [-0.3, -0.25) is 9.59 Å². The lowest BCUT2D eigenvalue weighted by atomic mass is 9.86. The zero-order valence-electron chi connectivity index (χ0n) is 35.7. The smallest absolute Gasteiger partial charge is 0.306 e. The molecule has 10 nitrogen and oxygen atoms in total. The SMILES string of the molecule is CC.CCc1cccc2c3c([nH]c12)C(CC)(CC(=O)O)OCC3.CCc1cccc2c3c(n(C)c12)C(CC)(CC(=O)O)OCC3.CP(C)(C)=O.CP(C)(C)=O. The third kappa shape index (κ3) is 12.4. The zero-order chi connectivity index (χ0) is 41.9. The number of nitrogens with one attached hydrogen (secondary N) is 1. The molecule has 12 heteroatoms. The summed E-state index contributed by atoms with van der Waals surface area (Å²) in [6.45, 7) is 23.9. The molecule has 0 amide bonds. The third-order valence-corrected chi connectivity index (χ3v) is 9.55. The topological polar surface area (TPSA) is 148 Å². The lowest BCUT2D eigenvalue weighted by Gasteiger charge is -2.37. The molecule has 0 spiro atoms. The van der Waals surface area contributed by atoms with Crippen LogP contribution in [0.3, 0.4) is 0 Å². The fourth-order valence-electron chi connectivity index (χ4n) is 7.47. The number of aromatic amines is 1. The molecule has 2 unspecified atom stereocenters. The molecule has 4 aromatic rings. The Balaban J connectivity index is 0.000000295. The molecule has 0 saturated carbocycles.